The van der Waals surface area contributed by atoms with E-state index in [0.717, 1.165) is 16.3 Å². The first-order valence-corrected chi connectivity index (χ1v) is 9.82. The SMILES string of the molecule is O=C(COc1ccc(Cl)cc1)Nc1cc(-c2cccs2)nn1-c1ccccc1. The number of para-hydroxylation sites is 1. The lowest BCUT2D eigenvalue weighted by molar-refractivity contribution is -0.118. The van der Waals surface area contributed by atoms with Crippen molar-refractivity contribution >= 4 is 34.7 Å². The van der Waals surface area contributed by atoms with Crippen molar-refractivity contribution in [2.45, 2.75) is 0 Å². The summed E-state index contributed by atoms with van der Waals surface area (Å²) in [6.07, 6.45) is 0. The number of anilines is 1. The van der Waals surface area contributed by atoms with E-state index in [9.17, 15) is 4.79 Å². The summed E-state index contributed by atoms with van der Waals surface area (Å²) < 4.78 is 7.24. The average Bonchev–Trinajstić information content (AvgIpc) is 3.38. The molecular weight excluding hydrogens is 394 g/mol. The number of benzene rings is 2. The zero-order chi connectivity index (χ0) is 19.3. The van der Waals surface area contributed by atoms with Gasteiger partial charge in [0.15, 0.2) is 6.61 Å². The van der Waals surface area contributed by atoms with Crippen LogP contribution in [0.3, 0.4) is 0 Å². The van der Waals surface area contributed by atoms with E-state index >= 15 is 0 Å². The number of rotatable bonds is 6. The molecule has 4 rings (SSSR count). The van der Waals surface area contributed by atoms with Gasteiger partial charge < -0.3 is 10.1 Å². The second-order valence-electron chi connectivity index (χ2n) is 5.93. The van der Waals surface area contributed by atoms with E-state index in [1.54, 1.807) is 40.3 Å². The van der Waals surface area contributed by atoms with Crippen molar-refractivity contribution in [3.05, 3.63) is 83.2 Å². The van der Waals surface area contributed by atoms with E-state index in [4.69, 9.17) is 16.3 Å². The molecule has 0 fully saturated rings. The Morgan fingerprint density at radius 3 is 2.57 bits per heavy atom. The van der Waals surface area contributed by atoms with Crippen molar-refractivity contribution in [2.24, 2.45) is 0 Å². The van der Waals surface area contributed by atoms with Crippen molar-refractivity contribution in [2.75, 3.05) is 11.9 Å². The van der Waals surface area contributed by atoms with Gasteiger partial charge in [-0.3, -0.25) is 4.79 Å². The van der Waals surface area contributed by atoms with Crippen LogP contribution in [-0.2, 0) is 4.79 Å². The number of halogens is 1. The zero-order valence-electron chi connectivity index (χ0n) is 14.7. The standard InChI is InChI=1S/C21H16ClN3O2S/c22-15-8-10-17(11-9-15)27-14-21(26)23-20-13-18(19-7-4-12-28-19)24-25(20)16-5-2-1-3-6-16/h1-13H,14H2,(H,23,26). The molecule has 7 heteroatoms. The van der Waals surface area contributed by atoms with Crippen molar-refractivity contribution in [1.82, 2.24) is 9.78 Å². The van der Waals surface area contributed by atoms with E-state index in [1.165, 1.54) is 0 Å². The Balaban J connectivity index is 1.54. The van der Waals surface area contributed by atoms with Crippen molar-refractivity contribution < 1.29 is 9.53 Å². The fourth-order valence-corrected chi connectivity index (χ4v) is 3.45. The van der Waals surface area contributed by atoms with Crippen LogP contribution in [0.2, 0.25) is 5.02 Å². The highest BCUT2D eigenvalue weighted by molar-refractivity contribution is 7.13. The van der Waals surface area contributed by atoms with Crippen molar-refractivity contribution in [1.29, 1.82) is 0 Å². The number of hydrogen-bond acceptors (Lipinski definition) is 4. The summed E-state index contributed by atoms with van der Waals surface area (Å²) in [6.45, 7) is -0.115. The van der Waals surface area contributed by atoms with Gasteiger partial charge in [-0.1, -0.05) is 35.9 Å². The summed E-state index contributed by atoms with van der Waals surface area (Å²) in [5.41, 5.74) is 1.66. The molecule has 2 aromatic carbocycles. The van der Waals surface area contributed by atoms with Crippen molar-refractivity contribution in [3.63, 3.8) is 0 Å². The molecule has 2 aromatic heterocycles. The second kappa shape index (κ2) is 8.29. The molecule has 0 saturated heterocycles. The number of carbonyl (C=O) groups excluding carboxylic acids is 1. The molecule has 0 aliphatic rings. The Kier molecular flexibility index (Phi) is 5.41. The van der Waals surface area contributed by atoms with Crippen LogP contribution in [0.4, 0.5) is 5.82 Å². The molecular formula is C21H16ClN3O2S. The molecule has 0 atom stereocenters. The molecule has 4 aromatic rings. The van der Waals surface area contributed by atoms with Gasteiger partial charge in [0, 0.05) is 11.1 Å². The number of carbonyl (C=O) groups is 1. The lowest BCUT2D eigenvalue weighted by atomic mass is 10.3. The van der Waals surface area contributed by atoms with Crippen molar-refractivity contribution in [3.8, 4) is 22.0 Å². The normalized spacial score (nSPS) is 10.6. The molecule has 0 unspecified atom stereocenters. The minimum absolute atomic E-state index is 0.115. The van der Waals surface area contributed by atoms with Crippen LogP contribution in [0.1, 0.15) is 0 Å². The summed E-state index contributed by atoms with van der Waals surface area (Å²) in [7, 11) is 0. The molecule has 0 bridgehead atoms. The van der Waals surface area contributed by atoms with Gasteiger partial charge in [-0.15, -0.1) is 11.3 Å². The van der Waals surface area contributed by atoms with E-state index < -0.39 is 0 Å². The first-order chi connectivity index (χ1) is 13.7. The van der Waals surface area contributed by atoms with E-state index in [1.807, 2.05) is 53.9 Å². The smallest absolute Gasteiger partial charge is 0.263 e. The summed E-state index contributed by atoms with van der Waals surface area (Å²) in [5, 5.41) is 10.2. The van der Waals surface area contributed by atoms with Gasteiger partial charge in [0.25, 0.3) is 5.91 Å². The van der Waals surface area contributed by atoms with E-state index in [0.29, 0.717) is 16.6 Å². The lowest BCUT2D eigenvalue weighted by Gasteiger charge is -2.10. The van der Waals surface area contributed by atoms with Crippen LogP contribution in [0.5, 0.6) is 5.75 Å². The van der Waals surface area contributed by atoms with E-state index in [2.05, 4.69) is 10.4 Å². The number of nitrogens with zero attached hydrogens (tertiary/aromatic N) is 2. The average molecular weight is 410 g/mol. The maximum Gasteiger partial charge on any atom is 0.263 e. The number of amides is 1. The Labute approximate surface area is 171 Å². The first kappa shape index (κ1) is 18.3. The predicted molar refractivity (Wildman–Crippen MR) is 112 cm³/mol. The van der Waals surface area contributed by atoms with Crippen LogP contribution in [0, 0.1) is 0 Å². The number of hydrogen-bond donors (Lipinski definition) is 1. The molecule has 0 aliphatic heterocycles. The van der Waals surface area contributed by atoms with Crippen LogP contribution in [0.15, 0.2) is 78.2 Å². The molecule has 5 nitrogen and oxygen atoms in total. The number of ether oxygens (including phenoxy) is 1. The Hall–Kier alpha value is -3.09. The largest absolute Gasteiger partial charge is 0.484 e. The Bertz CT molecular complexity index is 1060. The maximum absolute atomic E-state index is 12.4. The number of aromatic nitrogens is 2. The predicted octanol–water partition coefficient (Wildman–Crippen LogP) is 5.27. The highest BCUT2D eigenvalue weighted by Crippen LogP contribution is 2.28. The molecule has 1 N–H and O–H groups in total. The zero-order valence-corrected chi connectivity index (χ0v) is 16.3. The summed E-state index contributed by atoms with van der Waals surface area (Å²) in [4.78, 5) is 13.5. The molecule has 0 saturated carbocycles. The minimum Gasteiger partial charge on any atom is -0.484 e. The van der Waals surface area contributed by atoms with Gasteiger partial charge in [0.2, 0.25) is 0 Å². The summed E-state index contributed by atoms with van der Waals surface area (Å²) in [6, 6.07) is 22.4. The van der Waals surface area contributed by atoms with Crippen LogP contribution >= 0.6 is 22.9 Å². The first-order valence-electron chi connectivity index (χ1n) is 8.56. The third-order valence-electron chi connectivity index (χ3n) is 3.93. The fraction of sp³-hybridized carbons (Fsp3) is 0.0476. The van der Waals surface area contributed by atoms with Crippen LogP contribution < -0.4 is 10.1 Å². The van der Waals surface area contributed by atoms with E-state index in [-0.39, 0.29) is 12.5 Å². The quantitative estimate of drug-likeness (QED) is 0.472. The third-order valence-corrected chi connectivity index (χ3v) is 5.08. The molecule has 0 radical (unpaired) electrons. The molecule has 1 amide bonds. The topological polar surface area (TPSA) is 56.1 Å². The number of thiophene rings is 1. The highest BCUT2D eigenvalue weighted by Gasteiger charge is 2.14. The summed E-state index contributed by atoms with van der Waals surface area (Å²) >= 11 is 7.46. The minimum atomic E-state index is -0.273. The molecule has 2 heterocycles. The highest BCUT2D eigenvalue weighted by atomic mass is 35.5. The maximum atomic E-state index is 12.4. The third kappa shape index (κ3) is 4.24. The van der Waals surface area contributed by atoms with Gasteiger partial charge in [0.1, 0.15) is 17.3 Å². The molecule has 0 aliphatic carbocycles. The monoisotopic (exact) mass is 409 g/mol. The fourth-order valence-electron chi connectivity index (χ4n) is 2.64. The van der Waals surface area contributed by atoms with Gasteiger partial charge in [-0.25, -0.2) is 4.68 Å². The molecule has 0 spiro atoms. The van der Waals surface area contributed by atoms with Gasteiger partial charge in [0.05, 0.1) is 10.6 Å². The Morgan fingerprint density at radius 2 is 1.86 bits per heavy atom. The number of nitrogens with one attached hydrogen (secondary N) is 1. The molecule has 28 heavy (non-hydrogen) atoms. The van der Waals surface area contributed by atoms with Gasteiger partial charge >= 0.3 is 0 Å². The van der Waals surface area contributed by atoms with Crippen LogP contribution in [-0.4, -0.2) is 22.3 Å². The van der Waals surface area contributed by atoms with Gasteiger partial charge in [-0.2, -0.15) is 5.10 Å². The Morgan fingerprint density at radius 1 is 1.07 bits per heavy atom. The van der Waals surface area contributed by atoms with Crippen LogP contribution in [0.25, 0.3) is 16.3 Å². The summed E-state index contributed by atoms with van der Waals surface area (Å²) in [5.74, 6) is 0.888. The van der Waals surface area contributed by atoms with Gasteiger partial charge in [-0.05, 0) is 47.8 Å². The second-order valence-corrected chi connectivity index (χ2v) is 7.31. The molecule has 140 valence electrons. The lowest BCUT2D eigenvalue weighted by Crippen LogP contribution is -2.21.